The van der Waals surface area contributed by atoms with Gasteiger partial charge < -0.3 is 15.0 Å². The first-order chi connectivity index (χ1) is 17.3. The fourth-order valence-corrected chi connectivity index (χ4v) is 5.78. The van der Waals surface area contributed by atoms with Crippen molar-refractivity contribution >= 4 is 38.9 Å². The van der Waals surface area contributed by atoms with E-state index in [0.29, 0.717) is 59.6 Å². The molecule has 1 amide bonds. The summed E-state index contributed by atoms with van der Waals surface area (Å²) in [6.45, 7) is 6.10. The number of hydrogen-bond donors (Lipinski definition) is 1. The number of aryl methyl sites for hydroxylation is 1. The molecular weight excluding hydrogens is 498 g/mol. The molecule has 0 unspecified atom stereocenters. The van der Waals surface area contributed by atoms with Crippen LogP contribution in [0.25, 0.3) is 0 Å². The highest BCUT2D eigenvalue weighted by Gasteiger charge is 2.30. The largest absolute Gasteiger partial charge is 0.494 e. The fraction of sp³-hybridized carbons (Fsp3) is 0.296. The van der Waals surface area contributed by atoms with Crippen molar-refractivity contribution in [3.05, 3.63) is 82.9 Å². The Morgan fingerprint density at radius 1 is 0.972 bits per heavy atom. The molecule has 1 heterocycles. The van der Waals surface area contributed by atoms with Gasteiger partial charge in [0.25, 0.3) is 5.91 Å². The molecule has 3 aromatic carbocycles. The highest BCUT2D eigenvalue weighted by molar-refractivity contribution is 7.89. The Hall–Kier alpha value is -3.07. The number of nitrogens with one attached hydrogen (secondary N) is 1. The summed E-state index contributed by atoms with van der Waals surface area (Å²) < 4.78 is 33.2. The maximum absolute atomic E-state index is 13.1. The summed E-state index contributed by atoms with van der Waals surface area (Å²) in [6, 6.07) is 19.2. The number of para-hydroxylation sites is 1. The summed E-state index contributed by atoms with van der Waals surface area (Å²) in [5.74, 6) is 0.455. The fourth-order valence-electron chi connectivity index (χ4n) is 4.07. The molecule has 1 aliphatic heterocycles. The van der Waals surface area contributed by atoms with Gasteiger partial charge >= 0.3 is 0 Å². The zero-order valence-corrected chi connectivity index (χ0v) is 22.0. The van der Waals surface area contributed by atoms with E-state index in [9.17, 15) is 13.2 Å². The highest BCUT2D eigenvalue weighted by atomic mass is 35.5. The van der Waals surface area contributed by atoms with Crippen LogP contribution in [0.1, 0.15) is 29.3 Å². The zero-order chi connectivity index (χ0) is 25.7. The van der Waals surface area contributed by atoms with Crippen LogP contribution in [-0.2, 0) is 10.0 Å². The number of piperazine rings is 1. The van der Waals surface area contributed by atoms with E-state index in [1.807, 2.05) is 18.7 Å². The maximum Gasteiger partial charge on any atom is 0.255 e. The molecule has 4 rings (SSSR count). The Labute approximate surface area is 217 Å². The van der Waals surface area contributed by atoms with Crippen LogP contribution in [0.4, 0.5) is 11.4 Å². The monoisotopic (exact) mass is 527 g/mol. The van der Waals surface area contributed by atoms with E-state index < -0.39 is 10.0 Å². The minimum absolute atomic E-state index is 0.263. The summed E-state index contributed by atoms with van der Waals surface area (Å²) in [6.07, 6.45) is 0.909. The van der Waals surface area contributed by atoms with Crippen molar-refractivity contribution in [2.75, 3.05) is 43.0 Å². The van der Waals surface area contributed by atoms with Crippen LogP contribution in [-0.4, -0.2) is 51.4 Å². The van der Waals surface area contributed by atoms with E-state index in [4.69, 9.17) is 16.3 Å². The standard InChI is InChI=1S/C27H30ClN3O4S/c1-3-19-35-22-11-9-21(10-12-22)27(32)29-25-6-4-5-24(28)26(25)30-15-17-31(18-16-30)36(33,34)23-13-7-20(2)8-14-23/h4-14H,3,15-19H2,1-2H3,(H,29,32). The zero-order valence-electron chi connectivity index (χ0n) is 20.4. The summed E-state index contributed by atoms with van der Waals surface area (Å²) in [5, 5.41) is 3.45. The first kappa shape index (κ1) is 26.0. The van der Waals surface area contributed by atoms with Crippen molar-refractivity contribution in [1.82, 2.24) is 4.31 Å². The number of amides is 1. The van der Waals surface area contributed by atoms with E-state index in [-0.39, 0.29) is 5.91 Å². The minimum Gasteiger partial charge on any atom is -0.494 e. The smallest absolute Gasteiger partial charge is 0.255 e. The van der Waals surface area contributed by atoms with Gasteiger partial charge in [-0.1, -0.05) is 42.3 Å². The lowest BCUT2D eigenvalue weighted by atomic mass is 10.1. The summed E-state index contributed by atoms with van der Waals surface area (Å²) in [7, 11) is -3.58. The van der Waals surface area contributed by atoms with E-state index >= 15 is 0 Å². The Morgan fingerprint density at radius 3 is 2.28 bits per heavy atom. The third-order valence-corrected chi connectivity index (χ3v) is 8.26. The van der Waals surface area contributed by atoms with Crippen molar-refractivity contribution in [3.8, 4) is 5.75 Å². The molecule has 0 aliphatic carbocycles. The SMILES string of the molecule is CCCOc1ccc(C(=O)Nc2cccc(Cl)c2N2CCN(S(=O)(=O)c3ccc(C)cc3)CC2)cc1. The molecule has 0 spiro atoms. The predicted molar refractivity (Wildman–Crippen MR) is 144 cm³/mol. The van der Waals surface area contributed by atoms with Crippen molar-refractivity contribution in [2.45, 2.75) is 25.2 Å². The molecule has 0 saturated carbocycles. The van der Waals surface area contributed by atoms with E-state index in [1.165, 1.54) is 4.31 Å². The number of benzene rings is 3. The second-order valence-corrected chi connectivity index (χ2v) is 11.0. The van der Waals surface area contributed by atoms with Crippen LogP contribution >= 0.6 is 11.6 Å². The van der Waals surface area contributed by atoms with Crippen LogP contribution in [0.3, 0.4) is 0 Å². The van der Waals surface area contributed by atoms with Crippen molar-refractivity contribution in [1.29, 1.82) is 0 Å². The average Bonchev–Trinajstić information content (AvgIpc) is 2.88. The number of rotatable bonds is 8. The number of sulfonamides is 1. The van der Waals surface area contributed by atoms with Gasteiger partial charge in [-0.05, 0) is 61.9 Å². The Bertz CT molecular complexity index is 1300. The normalized spacial score (nSPS) is 14.5. The van der Waals surface area contributed by atoms with E-state index in [1.54, 1.807) is 66.7 Å². The molecule has 1 aliphatic rings. The number of anilines is 2. The minimum atomic E-state index is -3.58. The van der Waals surface area contributed by atoms with Gasteiger partial charge in [0.2, 0.25) is 10.0 Å². The van der Waals surface area contributed by atoms with Crippen molar-refractivity contribution in [3.63, 3.8) is 0 Å². The van der Waals surface area contributed by atoms with Gasteiger partial charge in [-0.3, -0.25) is 4.79 Å². The molecule has 0 radical (unpaired) electrons. The Morgan fingerprint density at radius 2 is 1.64 bits per heavy atom. The summed E-state index contributed by atoms with van der Waals surface area (Å²) in [5.41, 5.74) is 2.77. The van der Waals surface area contributed by atoms with Gasteiger partial charge in [0.15, 0.2) is 0 Å². The number of carbonyl (C=O) groups excluding carboxylic acids is 1. The molecule has 3 aromatic rings. The topological polar surface area (TPSA) is 79.0 Å². The molecule has 0 atom stereocenters. The molecule has 7 nitrogen and oxygen atoms in total. The van der Waals surface area contributed by atoms with Crippen LogP contribution < -0.4 is 15.0 Å². The summed E-state index contributed by atoms with van der Waals surface area (Å²) >= 11 is 6.56. The Kier molecular flexibility index (Phi) is 8.18. The second kappa shape index (κ2) is 11.3. The van der Waals surface area contributed by atoms with E-state index in [0.717, 1.165) is 17.7 Å². The molecule has 1 saturated heterocycles. The first-order valence-corrected chi connectivity index (χ1v) is 13.8. The average molecular weight is 528 g/mol. The van der Waals surface area contributed by atoms with Gasteiger partial charge in [0.05, 0.1) is 27.9 Å². The molecule has 36 heavy (non-hydrogen) atoms. The third kappa shape index (κ3) is 5.83. The van der Waals surface area contributed by atoms with Crippen LogP contribution in [0, 0.1) is 6.92 Å². The summed E-state index contributed by atoms with van der Waals surface area (Å²) in [4.78, 5) is 15.3. The number of ether oxygens (including phenoxy) is 1. The molecule has 0 aromatic heterocycles. The quantitative estimate of drug-likeness (QED) is 0.435. The second-order valence-electron chi connectivity index (χ2n) is 8.67. The van der Waals surface area contributed by atoms with Gasteiger partial charge in [0.1, 0.15) is 5.75 Å². The van der Waals surface area contributed by atoms with Gasteiger partial charge in [-0.2, -0.15) is 4.31 Å². The number of hydrogen-bond acceptors (Lipinski definition) is 5. The number of halogens is 1. The van der Waals surface area contributed by atoms with Crippen LogP contribution in [0.15, 0.2) is 71.6 Å². The van der Waals surface area contributed by atoms with E-state index in [2.05, 4.69) is 5.32 Å². The highest BCUT2D eigenvalue weighted by Crippen LogP contribution is 2.35. The van der Waals surface area contributed by atoms with Gasteiger partial charge in [-0.25, -0.2) is 8.42 Å². The van der Waals surface area contributed by atoms with Crippen molar-refractivity contribution < 1.29 is 17.9 Å². The maximum atomic E-state index is 13.1. The lowest BCUT2D eigenvalue weighted by molar-refractivity contribution is 0.102. The third-order valence-electron chi connectivity index (χ3n) is 6.04. The molecule has 9 heteroatoms. The van der Waals surface area contributed by atoms with Gasteiger partial charge in [-0.15, -0.1) is 0 Å². The predicted octanol–water partition coefficient (Wildman–Crippen LogP) is 5.20. The molecule has 0 bridgehead atoms. The number of nitrogens with zero attached hydrogens (tertiary/aromatic N) is 2. The molecular formula is C27H30ClN3O4S. The molecule has 1 N–H and O–H groups in total. The molecule has 190 valence electrons. The lowest BCUT2D eigenvalue weighted by Gasteiger charge is -2.36. The number of carbonyl (C=O) groups is 1. The first-order valence-electron chi connectivity index (χ1n) is 11.9. The van der Waals surface area contributed by atoms with Crippen LogP contribution in [0.2, 0.25) is 5.02 Å². The van der Waals surface area contributed by atoms with Crippen molar-refractivity contribution in [2.24, 2.45) is 0 Å². The van der Waals surface area contributed by atoms with Gasteiger partial charge in [0, 0.05) is 31.7 Å². The molecule has 1 fully saturated rings. The Balaban J connectivity index is 1.46. The lowest BCUT2D eigenvalue weighted by Crippen LogP contribution is -2.49. The van der Waals surface area contributed by atoms with Crippen LogP contribution in [0.5, 0.6) is 5.75 Å².